The van der Waals surface area contributed by atoms with Crippen LogP contribution in [0.5, 0.6) is 0 Å². The van der Waals surface area contributed by atoms with Crippen molar-refractivity contribution in [1.29, 1.82) is 0 Å². The summed E-state index contributed by atoms with van der Waals surface area (Å²) in [6, 6.07) is 8.36. The Labute approximate surface area is 147 Å². The SMILES string of the molecule is CN(C)Cc1cc(C2CCCN2C(=O)/C=C/c2cccs2)ccn1. The number of rotatable bonds is 5. The third-order valence-corrected chi connectivity index (χ3v) is 5.01. The lowest BCUT2D eigenvalue weighted by atomic mass is 10.0. The van der Waals surface area contributed by atoms with Crippen molar-refractivity contribution in [3.63, 3.8) is 0 Å². The van der Waals surface area contributed by atoms with Crippen molar-refractivity contribution < 1.29 is 4.79 Å². The molecule has 24 heavy (non-hydrogen) atoms. The highest BCUT2D eigenvalue weighted by Crippen LogP contribution is 2.32. The van der Waals surface area contributed by atoms with E-state index in [4.69, 9.17) is 0 Å². The van der Waals surface area contributed by atoms with Crippen LogP contribution in [0.1, 0.15) is 35.0 Å². The highest BCUT2D eigenvalue weighted by Gasteiger charge is 2.28. The van der Waals surface area contributed by atoms with E-state index < -0.39 is 0 Å². The van der Waals surface area contributed by atoms with Gasteiger partial charge in [-0.25, -0.2) is 0 Å². The Morgan fingerprint density at radius 2 is 2.33 bits per heavy atom. The van der Waals surface area contributed by atoms with Crippen molar-refractivity contribution in [2.45, 2.75) is 25.4 Å². The Bertz CT molecular complexity index is 709. The summed E-state index contributed by atoms with van der Waals surface area (Å²) in [6.45, 7) is 1.64. The number of hydrogen-bond donors (Lipinski definition) is 0. The minimum Gasteiger partial charge on any atom is -0.332 e. The number of likely N-dealkylation sites (tertiary alicyclic amines) is 1. The predicted molar refractivity (Wildman–Crippen MR) is 98.7 cm³/mol. The summed E-state index contributed by atoms with van der Waals surface area (Å²) in [4.78, 5) is 22.2. The molecule has 0 aromatic carbocycles. The average Bonchev–Trinajstić information content (AvgIpc) is 3.23. The Hall–Kier alpha value is -1.98. The van der Waals surface area contributed by atoms with Gasteiger partial charge in [-0.2, -0.15) is 0 Å². The highest BCUT2D eigenvalue weighted by molar-refractivity contribution is 7.10. The summed E-state index contributed by atoms with van der Waals surface area (Å²) < 4.78 is 0. The number of pyridine rings is 1. The van der Waals surface area contributed by atoms with Gasteiger partial charge in [0.1, 0.15) is 0 Å². The first-order chi connectivity index (χ1) is 11.6. The summed E-state index contributed by atoms with van der Waals surface area (Å²) >= 11 is 1.64. The molecule has 1 fully saturated rings. The molecule has 0 radical (unpaired) electrons. The van der Waals surface area contributed by atoms with Gasteiger partial charge in [-0.1, -0.05) is 6.07 Å². The van der Waals surface area contributed by atoms with E-state index in [0.29, 0.717) is 0 Å². The van der Waals surface area contributed by atoms with E-state index in [2.05, 4.69) is 16.0 Å². The van der Waals surface area contributed by atoms with Crippen molar-refractivity contribution in [3.05, 3.63) is 58.1 Å². The normalized spacial score (nSPS) is 18.0. The van der Waals surface area contributed by atoms with Gasteiger partial charge in [-0.3, -0.25) is 9.78 Å². The van der Waals surface area contributed by atoms with Crippen LogP contribution in [0.2, 0.25) is 0 Å². The first-order valence-corrected chi connectivity index (χ1v) is 9.13. The number of nitrogens with zero attached hydrogens (tertiary/aromatic N) is 3. The summed E-state index contributed by atoms with van der Waals surface area (Å²) in [5.41, 5.74) is 2.24. The minimum absolute atomic E-state index is 0.0943. The monoisotopic (exact) mass is 341 g/mol. The quantitative estimate of drug-likeness (QED) is 0.780. The lowest BCUT2D eigenvalue weighted by Crippen LogP contribution is -2.29. The van der Waals surface area contributed by atoms with E-state index in [0.717, 1.165) is 36.5 Å². The average molecular weight is 341 g/mol. The van der Waals surface area contributed by atoms with Crippen LogP contribution in [0.15, 0.2) is 41.9 Å². The van der Waals surface area contributed by atoms with E-state index in [1.54, 1.807) is 17.4 Å². The Morgan fingerprint density at radius 3 is 3.08 bits per heavy atom. The third-order valence-electron chi connectivity index (χ3n) is 4.17. The van der Waals surface area contributed by atoms with Crippen LogP contribution in [0.3, 0.4) is 0 Å². The van der Waals surface area contributed by atoms with Crippen LogP contribution in [-0.4, -0.2) is 41.3 Å². The van der Waals surface area contributed by atoms with Gasteiger partial charge in [-0.05, 0) is 62.2 Å². The van der Waals surface area contributed by atoms with Crippen LogP contribution < -0.4 is 0 Å². The number of hydrogen-bond acceptors (Lipinski definition) is 4. The molecule has 4 nitrogen and oxygen atoms in total. The van der Waals surface area contributed by atoms with Gasteiger partial charge in [0.15, 0.2) is 0 Å². The van der Waals surface area contributed by atoms with Crippen LogP contribution in [0.25, 0.3) is 6.08 Å². The fourth-order valence-electron chi connectivity index (χ4n) is 3.13. The van der Waals surface area contributed by atoms with Crippen LogP contribution in [0.4, 0.5) is 0 Å². The summed E-state index contributed by atoms with van der Waals surface area (Å²) in [5.74, 6) is 0.0943. The molecule has 1 unspecified atom stereocenters. The van der Waals surface area contributed by atoms with Crippen molar-refractivity contribution in [3.8, 4) is 0 Å². The second-order valence-corrected chi connectivity index (χ2v) is 7.34. The van der Waals surface area contributed by atoms with Crippen LogP contribution in [-0.2, 0) is 11.3 Å². The van der Waals surface area contributed by atoms with Gasteiger partial charge in [0, 0.05) is 30.2 Å². The Balaban J connectivity index is 1.74. The molecular weight excluding hydrogens is 318 g/mol. The molecule has 2 aromatic rings. The lowest BCUT2D eigenvalue weighted by Gasteiger charge is -2.24. The number of carbonyl (C=O) groups is 1. The summed E-state index contributed by atoms with van der Waals surface area (Å²) in [7, 11) is 4.07. The maximum atomic E-state index is 12.6. The second-order valence-electron chi connectivity index (χ2n) is 6.36. The molecule has 3 heterocycles. The molecule has 0 spiro atoms. The number of thiophene rings is 1. The molecule has 0 bridgehead atoms. The molecule has 0 saturated carbocycles. The van der Waals surface area contributed by atoms with Crippen LogP contribution >= 0.6 is 11.3 Å². The van der Waals surface area contributed by atoms with Gasteiger partial charge in [0.05, 0.1) is 11.7 Å². The van der Waals surface area contributed by atoms with Gasteiger partial charge in [0.25, 0.3) is 0 Å². The van der Waals surface area contributed by atoms with E-state index in [1.807, 2.05) is 54.8 Å². The lowest BCUT2D eigenvalue weighted by molar-refractivity contribution is -0.126. The first kappa shape index (κ1) is 16.9. The second kappa shape index (κ2) is 7.73. The van der Waals surface area contributed by atoms with Crippen molar-refractivity contribution in [2.24, 2.45) is 0 Å². The molecule has 5 heteroatoms. The van der Waals surface area contributed by atoms with Crippen molar-refractivity contribution >= 4 is 23.3 Å². The fraction of sp³-hybridized carbons (Fsp3) is 0.368. The molecule has 1 aliphatic rings. The maximum Gasteiger partial charge on any atom is 0.247 e. The standard InChI is InChI=1S/C19H23N3OS/c1-21(2)14-16-13-15(9-10-20-16)18-6-3-11-22(18)19(23)8-7-17-5-4-12-24-17/h4-5,7-10,12-13,18H,3,6,11,14H2,1-2H3/b8-7+. The number of carbonyl (C=O) groups excluding carboxylic acids is 1. The van der Waals surface area contributed by atoms with Gasteiger partial charge < -0.3 is 9.80 Å². The predicted octanol–water partition coefficient (Wildman–Crippen LogP) is 3.58. The molecule has 1 atom stereocenters. The molecule has 2 aromatic heterocycles. The number of amides is 1. The van der Waals surface area contributed by atoms with Gasteiger partial charge in [-0.15, -0.1) is 11.3 Å². The summed E-state index contributed by atoms with van der Waals surface area (Å²) in [5, 5.41) is 2.02. The zero-order valence-electron chi connectivity index (χ0n) is 14.2. The van der Waals surface area contributed by atoms with Crippen molar-refractivity contribution in [1.82, 2.24) is 14.8 Å². The minimum atomic E-state index is 0.0943. The van der Waals surface area contributed by atoms with Gasteiger partial charge in [0.2, 0.25) is 5.91 Å². The molecule has 126 valence electrons. The zero-order valence-corrected chi connectivity index (χ0v) is 15.0. The van der Waals surface area contributed by atoms with E-state index in [1.165, 1.54) is 5.56 Å². The zero-order chi connectivity index (χ0) is 16.9. The first-order valence-electron chi connectivity index (χ1n) is 8.25. The largest absolute Gasteiger partial charge is 0.332 e. The van der Waals surface area contributed by atoms with E-state index in [9.17, 15) is 4.79 Å². The maximum absolute atomic E-state index is 12.6. The fourth-order valence-corrected chi connectivity index (χ4v) is 3.74. The van der Waals surface area contributed by atoms with E-state index in [-0.39, 0.29) is 11.9 Å². The third kappa shape index (κ3) is 4.10. The van der Waals surface area contributed by atoms with Crippen LogP contribution in [0, 0.1) is 0 Å². The molecular formula is C19H23N3OS. The number of aromatic nitrogens is 1. The topological polar surface area (TPSA) is 36.4 Å². The molecule has 0 N–H and O–H groups in total. The van der Waals surface area contributed by atoms with E-state index >= 15 is 0 Å². The summed E-state index contributed by atoms with van der Waals surface area (Å²) in [6.07, 6.45) is 7.54. The Kier molecular flexibility index (Phi) is 5.43. The highest BCUT2D eigenvalue weighted by atomic mass is 32.1. The van der Waals surface area contributed by atoms with Gasteiger partial charge >= 0.3 is 0 Å². The molecule has 3 rings (SSSR count). The molecule has 1 saturated heterocycles. The smallest absolute Gasteiger partial charge is 0.247 e. The molecule has 1 amide bonds. The molecule has 0 aliphatic carbocycles. The molecule has 1 aliphatic heterocycles. The Morgan fingerprint density at radius 1 is 1.46 bits per heavy atom. The van der Waals surface area contributed by atoms with Crippen molar-refractivity contribution in [2.75, 3.05) is 20.6 Å².